The van der Waals surface area contributed by atoms with E-state index < -0.39 is 0 Å². The first-order chi connectivity index (χ1) is 16.2. The molecule has 2 aliphatic rings. The van der Waals surface area contributed by atoms with E-state index in [1.54, 1.807) is 32.4 Å². The number of rotatable bonds is 5. The van der Waals surface area contributed by atoms with Gasteiger partial charge in [0.05, 0.1) is 19.9 Å². The molecule has 3 aromatic rings. The van der Waals surface area contributed by atoms with E-state index in [4.69, 9.17) is 18.9 Å². The number of nitrogens with zero attached hydrogens (tertiary/aromatic N) is 4. The topological polar surface area (TPSA) is 86.3 Å². The quantitative estimate of drug-likeness (QED) is 0.589. The monoisotopic (exact) mass is 448 g/mol. The molecule has 0 spiro atoms. The SMILES string of the molecule is COc1ccc(-c2ccc(N3CCN(C(=O)c4ccc5c(c4)OCO5)CC3)nn2)cc1OC. The molecule has 170 valence electrons. The summed E-state index contributed by atoms with van der Waals surface area (Å²) in [5.41, 5.74) is 2.24. The number of ether oxygens (including phenoxy) is 4. The van der Waals surface area contributed by atoms with E-state index in [9.17, 15) is 4.79 Å². The Balaban J connectivity index is 1.23. The molecule has 1 saturated heterocycles. The number of amides is 1. The van der Waals surface area contributed by atoms with Gasteiger partial charge in [0.25, 0.3) is 5.91 Å². The molecule has 0 saturated carbocycles. The summed E-state index contributed by atoms with van der Waals surface area (Å²) in [5, 5.41) is 8.81. The third-order valence-electron chi connectivity index (χ3n) is 5.84. The van der Waals surface area contributed by atoms with E-state index in [-0.39, 0.29) is 12.7 Å². The highest BCUT2D eigenvalue weighted by molar-refractivity contribution is 5.95. The minimum Gasteiger partial charge on any atom is -0.493 e. The Morgan fingerprint density at radius 2 is 1.64 bits per heavy atom. The molecule has 33 heavy (non-hydrogen) atoms. The maximum atomic E-state index is 12.9. The molecule has 2 aliphatic heterocycles. The van der Waals surface area contributed by atoms with Crippen LogP contribution in [0.3, 0.4) is 0 Å². The van der Waals surface area contributed by atoms with Crippen molar-refractivity contribution in [1.29, 1.82) is 0 Å². The van der Waals surface area contributed by atoms with E-state index in [0.29, 0.717) is 54.7 Å². The van der Waals surface area contributed by atoms with Crippen LogP contribution in [0.5, 0.6) is 23.0 Å². The van der Waals surface area contributed by atoms with Gasteiger partial charge in [0.15, 0.2) is 28.8 Å². The van der Waals surface area contributed by atoms with E-state index in [2.05, 4.69) is 15.1 Å². The van der Waals surface area contributed by atoms with Gasteiger partial charge >= 0.3 is 0 Å². The van der Waals surface area contributed by atoms with Crippen molar-refractivity contribution in [2.24, 2.45) is 0 Å². The van der Waals surface area contributed by atoms with Gasteiger partial charge in [0, 0.05) is 37.3 Å². The van der Waals surface area contributed by atoms with Crippen molar-refractivity contribution in [3.05, 3.63) is 54.1 Å². The number of methoxy groups -OCH3 is 2. The highest BCUT2D eigenvalue weighted by atomic mass is 16.7. The minimum absolute atomic E-state index is 0.0113. The van der Waals surface area contributed by atoms with Crippen molar-refractivity contribution >= 4 is 11.7 Å². The van der Waals surface area contributed by atoms with Crippen LogP contribution in [0.2, 0.25) is 0 Å². The van der Waals surface area contributed by atoms with Crippen molar-refractivity contribution in [3.8, 4) is 34.3 Å². The summed E-state index contributed by atoms with van der Waals surface area (Å²) in [6.07, 6.45) is 0. The number of carbonyl (C=O) groups excluding carboxylic acids is 1. The van der Waals surface area contributed by atoms with E-state index >= 15 is 0 Å². The Bertz CT molecular complexity index is 1160. The normalized spacial score (nSPS) is 14.8. The van der Waals surface area contributed by atoms with Gasteiger partial charge < -0.3 is 28.7 Å². The third kappa shape index (κ3) is 4.09. The predicted molar refractivity (Wildman–Crippen MR) is 121 cm³/mol. The second-order valence-electron chi connectivity index (χ2n) is 7.69. The Hall–Kier alpha value is -4.01. The highest BCUT2D eigenvalue weighted by Crippen LogP contribution is 2.33. The smallest absolute Gasteiger partial charge is 0.254 e. The summed E-state index contributed by atoms with van der Waals surface area (Å²) in [7, 11) is 3.21. The van der Waals surface area contributed by atoms with Crippen molar-refractivity contribution in [2.45, 2.75) is 0 Å². The number of hydrogen-bond acceptors (Lipinski definition) is 8. The van der Waals surface area contributed by atoms with Crippen LogP contribution in [0, 0.1) is 0 Å². The molecule has 2 aromatic carbocycles. The predicted octanol–water partition coefficient (Wildman–Crippen LogP) is 2.85. The molecule has 1 amide bonds. The highest BCUT2D eigenvalue weighted by Gasteiger charge is 2.25. The lowest BCUT2D eigenvalue weighted by molar-refractivity contribution is 0.0746. The van der Waals surface area contributed by atoms with Gasteiger partial charge in [0.2, 0.25) is 6.79 Å². The first kappa shape index (κ1) is 20.9. The molecule has 9 nitrogen and oxygen atoms in total. The van der Waals surface area contributed by atoms with Gasteiger partial charge in [-0.2, -0.15) is 0 Å². The number of fused-ring (bicyclic) bond motifs is 1. The first-order valence-corrected chi connectivity index (χ1v) is 10.7. The van der Waals surface area contributed by atoms with Gasteiger partial charge in [0.1, 0.15) is 0 Å². The summed E-state index contributed by atoms with van der Waals surface area (Å²) in [5.74, 6) is 3.37. The molecule has 3 heterocycles. The Kier molecular flexibility index (Phi) is 5.60. The number of hydrogen-bond donors (Lipinski definition) is 0. The van der Waals surface area contributed by atoms with Crippen LogP contribution < -0.4 is 23.8 Å². The zero-order chi connectivity index (χ0) is 22.8. The third-order valence-corrected chi connectivity index (χ3v) is 5.84. The van der Waals surface area contributed by atoms with Crippen LogP contribution in [0.25, 0.3) is 11.3 Å². The maximum absolute atomic E-state index is 12.9. The summed E-state index contributed by atoms with van der Waals surface area (Å²) in [6.45, 7) is 2.76. The maximum Gasteiger partial charge on any atom is 0.254 e. The standard InChI is InChI=1S/C24H24N4O5/c1-30-19-6-3-16(13-21(19)31-2)18-5-8-23(26-25-18)27-9-11-28(12-10-27)24(29)17-4-7-20-22(14-17)33-15-32-20/h3-8,13-14H,9-12,15H2,1-2H3. The Morgan fingerprint density at radius 1 is 0.848 bits per heavy atom. The molecule has 0 atom stereocenters. The fourth-order valence-corrected chi connectivity index (χ4v) is 3.99. The van der Waals surface area contributed by atoms with Gasteiger partial charge in [-0.15, -0.1) is 10.2 Å². The van der Waals surface area contributed by atoms with Crippen molar-refractivity contribution < 1.29 is 23.7 Å². The molecule has 9 heteroatoms. The number of carbonyl (C=O) groups is 1. The van der Waals surface area contributed by atoms with Crippen molar-refractivity contribution in [2.75, 3.05) is 52.1 Å². The molecule has 1 aromatic heterocycles. The van der Waals surface area contributed by atoms with Crippen LogP contribution in [-0.2, 0) is 0 Å². The lowest BCUT2D eigenvalue weighted by Gasteiger charge is -2.35. The second kappa shape index (κ2) is 8.85. The Labute approximate surface area is 191 Å². The second-order valence-corrected chi connectivity index (χ2v) is 7.69. The minimum atomic E-state index is -0.0113. The lowest BCUT2D eigenvalue weighted by atomic mass is 10.1. The fraction of sp³-hybridized carbons (Fsp3) is 0.292. The molecule has 0 N–H and O–H groups in total. The van der Waals surface area contributed by atoms with Crippen LogP contribution in [0.15, 0.2) is 48.5 Å². The number of aromatic nitrogens is 2. The average molecular weight is 448 g/mol. The number of benzene rings is 2. The summed E-state index contributed by atoms with van der Waals surface area (Å²) in [6, 6.07) is 14.8. The zero-order valence-corrected chi connectivity index (χ0v) is 18.5. The molecule has 0 unspecified atom stereocenters. The van der Waals surface area contributed by atoms with Gasteiger partial charge in [-0.1, -0.05) is 0 Å². The zero-order valence-electron chi connectivity index (χ0n) is 18.5. The molecule has 1 fully saturated rings. The van der Waals surface area contributed by atoms with Crippen LogP contribution in [0.4, 0.5) is 5.82 Å². The lowest BCUT2D eigenvalue weighted by Crippen LogP contribution is -2.49. The van der Waals surface area contributed by atoms with Gasteiger partial charge in [-0.05, 0) is 48.5 Å². The fourth-order valence-electron chi connectivity index (χ4n) is 3.99. The molecular weight excluding hydrogens is 424 g/mol. The number of anilines is 1. The number of piperazine rings is 1. The molecule has 0 bridgehead atoms. The first-order valence-electron chi connectivity index (χ1n) is 10.7. The molecule has 5 rings (SSSR count). The molecular formula is C24H24N4O5. The van der Waals surface area contributed by atoms with E-state index in [1.165, 1.54) is 0 Å². The van der Waals surface area contributed by atoms with E-state index in [1.807, 2.05) is 35.2 Å². The van der Waals surface area contributed by atoms with Gasteiger partial charge in [-0.3, -0.25) is 4.79 Å². The van der Waals surface area contributed by atoms with Crippen molar-refractivity contribution in [1.82, 2.24) is 15.1 Å². The van der Waals surface area contributed by atoms with Crippen LogP contribution >= 0.6 is 0 Å². The van der Waals surface area contributed by atoms with Crippen LogP contribution in [0.1, 0.15) is 10.4 Å². The molecule has 0 radical (unpaired) electrons. The average Bonchev–Trinajstić information content (AvgIpc) is 3.36. The van der Waals surface area contributed by atoms with E-state index in [0.717, 1.165) is 17.1 Å². The molecule has 0 aliphatic carbocycles. The largest absolute Gasteiger partial charge is 0.493 e. The Morgan fingerprint density at radius 3 is 2.36 bits per heavy atom. The summed E-state index contributed by atoms with van der Waals surface area (Å²) in [4.78, 5) is 16.9. The van der Waals surface area contributed by atoms with Crippen molar-refractivity contribution in [3.63, 3.8) is 0 Å². The summed E-state index contributed by atoms with van der Waals surface area (Å²) < 4.78 is 21.4. The van der Waals surface area contributed by atoms with Crippen LogP contribution in [-0.4, -0.2) is 68.2 Å². The summed E-state index contributed by atoms with van der Waals surface area (Å²) >= 11 is 0. The van der Waals surface area contributed by atoms with Gasteiger partial charge in [-0.25, -0.2) is 0 Å².